The molecule has 0 spiro atoms. The molecule has 1 aromatic carbocycles. The lowest BCUT2D eigenvalue weighted by Crippen LogP contribution is -2.12. The quantitative estimate of drug-likeness (QED) is 0.620. The third-order valence-electron chi connectivity index (χ3n) is 3.44. The topological polar surface area (TPSA) is 48.3 Å². The van der Waals surface area contributed by atoms with Crippen LogP contribution < -0.4 is 4.74 Å². The number of aldehydes is 1. The molecule has 0 unspecified atom stereocenters. The van der Waals surface area contributed by atoms with E-state index >= 15 is 0 Å². The summed E-state index contributed by atoms with van der Waals surface area (Å²) in [6.07, 6.45) is 0.749. The van der Waals surface area contributed by atoms with Crippen LogP contribution in [-0.2, 0) is 7.05 Å². The lowest BCUT2D eigenvalue weighted by molar-refractivity contribution is 0.0921. The molecular weight excluding hydrogens is 254 g/mol. The van der Waals surface area contributed by atoms with Crippen LogP contribution >= 0.6 is 0 Å². The smallest absolute Gasteiger partial charge is 0.202 e. The molecule has 0 saturated heterocycles. The molecule has 0 atom stereocenters. The first kappa shape index (κ1) is 14.1. The van der Waals surface area contributed by atoms with Gasteiger partial charge in [-0.1, -0.05) is 12.1 Å². The average molecular weight is 271 g/mol. The van der Waals surface area contributed by atoms with E-state index in [1.807, 2.05) is 31.5 Å². The van der Waals surface area contributed by atoms with Crippen LogP contribution in [0.5, 0.6) is 5.75 Å². The number of ketones is 1. The van der Waals surface area contributed by atoms with Crippen LogP contribution in [0.15, 0.2) is 30.3 Å². The van der Waals surface area contributed by atoms with Crippen molar-refractivity contribution in [2.24, 2.45) is 7.05 Å². The highest BCUT2D eigenvalue weighted by Gasteiger charge is 2.14. The molecule has 20 heavy (non-hydrogen) atoms. The van der Waals surface area contributed by atoms with Crippen molar-refractivity contribution >= 4 is 12.1 Å². The third-order valence-corrected chi connectivity index (χ3v) is 3.44. The summed E-state index contributed by atoms with van der Waals surface area (Å²) in [5.41, 5.74) is 3.17. The third kappa shape index (κ3) is 2.79. The fourth-order valence-corrected chi connectivity index (χ4v) is 2.04. The first-order valence-corrected chi connectivity index (χ1v) is 6.37. The van der Waals surface area contributed by atoms with Crippen molar-refractivity contribution in [3.63, 3.8) is 0 Å². The highest BCUT2D eigenvalue weighted by atomic mass is 16.5. The van der Waals surface area contributed by atoms with E-state index in [-0.39, 0.29) is 12.4 Å². The monoisotopic (exact) mass is 271 g/mol. The minimum atomic E-state index is -0.0669. The molecule has 0 amide bonds. The summed E-state index contributed by atoms with van der Waals surface area (Å²) in [5, 5.41) is 0. The second kappa shape index (κ2) is 5.74. The summed E-state index contributed by atoms with van der Waals surface area (Å²) < 4.78 is 7.42. The first-order valence-electron chi connectivity index (χ1n) is 6.37. The Kier molecular flexibility index (Phi) is 4.03. The normalized spacial score (nSPS) is 10.3. The number of nitrogens with zero attached hydrogens (tertiary/aromatic N) is 1. The minimum Gasteiger partial charge on any atom is -0.485 e. The zero-order chi connectivity index (χ0) is 14.7. The van der Waals surface area contributed by atoms with Crippen molar-refractivity contribution in [3.05, 3.63) is 52.8 Å². The Labute approximate surface area is 118 Å². The molecule has 4 nitrogen and oxygen atoms in total. The average Bonchev–Trinajstić information content (AvgIpc) is 2.72. The molecular formula is C16H17NO3. The number of carbonyl (C=O) groups excluding carboxylic acids is 2. The lowest BCUT2D eigenvalue weighted by Gasteiger charge is -2.06. The molecule has 0 aliphatic rings. The van der Waals surface area contributed by atoms with Crippen molar-refractivity contribution in [1.29, 1.82) is 0 Å². The van der Waals surface area contributed by atoms with E-state index in [1.54, 1.807) is 24.3 Å². The Balaban J connectivity index is 2.08. The summed E-state index contributed by atoms with van der Waals surface area (Å²) in [5.74, 6) is 0.455. The van der Waals surface area contributed by atoms with Gasteiger partial charge in [0, 0.05) is 29.6 Å². The van der Waals surface area contributed by atoms with Crippen molar-refractivity contribution in [2.45, 2.75) is 13.8 Å². The molecule has 0 aliphatic carbocycles. The molecule has 0 fully saturated rings. The van der Waals surface area contributed by atoms with Crippen LogP contribution in [-0.4, -0.2) is 23.2 Å². The second-order valence-electron chi connectivity index (χ2n) is 4.75. The Morgan fingerprint density at radius 1 is 1.30 bits per heavy atom. The van der Waals surface area contributed by atoms with Gasteiger partial charge in [-0.15, -0.1) is 0 Å². The molecule has 4 heteroatoms. The molecule has 1 heterocycles. The van der Waals surface area contributed by atoms with Gasteiger partial charge in [0.15, 0.2) is 6.61 Å². The van der Waals surface area contributed by atoms with Crippen molar-refractivity contribution in [3.8, 4) is 5.75 Å². The van der Waals surface area contributed by atoms with E-state index in [1.165, 1.54) is 0 Å². The van der Waals surface area contributed by atoms with Crippen molar-refractivity contribution in [1.82, 2.24) is 4.57 Å². The minimum absolute atomic E-state index is 0.0351. The molecule has 1 aromatic heterocycles. The molecule has 0 bridgehead atoms. The van der Waals surface area contributed by atoms with Crippen molar-refractivity contribution < 1.29 is 14.3 Å². The molecule has 0 radical (unpaired) electrons. The van der Waals surface area contributed by atoms with E-state index in [0.29, 0.717) is 16.9 Å². The Morgan fingerprint density at radius 2 is 2.05 bits per heavy atom. The van der Waals surface area contributed by atoms with Gasteiger partial charge in [0.1, 0.15) is 12.0 Å². The summed E-state index contributed by atoms with van der Waals surface area (Å²) in [7, 11) is 1.93. The molecule has 0 aliphatic heterocycles. The lowest BCUT2D eigenvalue weighted by atomic mass is 10.1. The summed E-state index contributed by atoms with van der Waals surface area (Å²) in [6.45, 7) is 3.83. The van der Waals surface area contributed by atoms with E-state index in [4.69, 9.17) is 4.74 Å². The maximum atomic E-state index is 12.2. The Morgan fingerprint density at radius 3 is 2.65 bits per heavy atom. The number of aryl methyl sites for hydroxylation is 1. The standard InChI is InChI=1S/C16H17NO3/c1-11-7-15(12(2)17(11)3)16(19)10-20-14-6-4-5-13(8-14)9-18/h4-9H,10H2,1-3H3. The fraction of sp³-hybridized carbons (Fsp3) is 0.250. The Bertz CT molecular complexity index is 656. The maximum absolute atomic E-state index is 12.2. The highest BCUT2D eigenvalue weighted by molar-refractivity contribution is 5.98. The molecule has 2 aromatic rings. The SMILES string of the molecule is Cc1cc(C(=O)COc2cccc(C=O)c2)c(C)n1C. The van der Waals surface area contributed by atoms with Gasteiger partial charge in [-0.05, 0) is 32.0 Å². The van der Waals surface area contributed by atoms with E-state index < -0.39 is 0 Å². The predicted octanol–water partition coefficient (Wildman–Crippen LogP) is 2.72. The first-order chi connectivity index (χ1) is 9.52. The van der Waals surface area contributed by atoms with Gasteiger partial charge in [0.25, 0.3) is 0 Å². The zero-order valence-electron chi connectivity index (χ0n) is 11.8. The summed E-state index contributed by atoms with van der Waals surface area (Å²) >= 11 is 0. The van der Waals surface area contributed by atoms with Crippen LogP contribution in [0, 0.1) is 13.8 Å². The number of Topliss-reactive ketones (excluding diaryl/α,β-unsaturated/α-hetero) is 1. The van der Waals surface area contributed by atoms with Gasteiger partial charge in [0.2, 0.25) is 5.78 Å². The van der Waals surface area contributed by atoms with Crippen molar-refractivity contribution in [2.75, 3.05) is 6.61 Å². The van der Waals surface area contributed by atoms with Gasteiger partial charge in [-0.2, -0.15) is 0 Å². The van der Waals surface area contributed by atoms with Crippen LogP contribution in [0.4, 0.5) is 0 Å². The van der Waals surface area contributed by atoms with Gasteiger partial charge in [0.05, 0.1) is 0 Å². The largest absolute Gasteiger partial charge is 0.485 e. The van der Waals surface area contributed by atoms with Crippen LogP contribution in [0.2, 0.25) is 0 Å². The number of hydrogen-bond donors (Lipinski definition) is 0. The van der Waals surface area contributed by atoms with Gasteiger partial charge in [-0.3, -0.25) is 9.59 Å². The summed E-state index contributed by atoms with van der Waals surface area (Å²) in [6, 6.07) is 8.61. The van der Waals surface area contributed by atoms with Gasteiger partial charge >= 0.3 is 0 Å². The number of hydrogen-bond acceptors (Lipinski definition) is 3. The second-order valence-corrected chi connectivity index (χ2v) is 4.75. The van der Waals surface area contributed by atoms with Crippen LogP contribution in [0.25, 0.3) is 0 Å². The predicted molar refractivity (Wildman–Crippen MR) is 76.5 cm³/mol. The number of rotatable bonds is 5. The highest BCUT2D eigenvalue weighted by Crippen LogP contribution is 2.16. The van der Waals surface area contributed by atoms with Crippen LogP contribution in [0.1, 0.15) is 32.1 Å². The fourth-order valence-electron chi connectivity index (χ4n) is 2.04. The molecule has 0 N–H and O–H groups in total. The number of aromatic nitrogens is 1. The number of ether oxygens (including phenoxy) is 1. The zero-order valence-corrected chi connectivity index (χ0v) is 11.8. The van der Waals surface area contributed by atoms with Gasteiger partial charge in [-0.25, -0.2) is 0 Å². The van der Waals surface area contributed by atoms with E-state index in [9.17, 15) is 9.59 Å². The molecule has 0 saturated carbocycles. The van der Waals surface area contributed by atoms with E-state index in [2.05, 4.69) is 0 Å². The van der Waals surface area contributed by atoms with Crippen LogP contribution in [0.3, 0.4) is 0 Å². The Hall–Kier alpha value is -2.36. The van der Waals surface area contributed by atoms with E-state index in [0.717, 1.165) is 17.7 Å². The number of carbonyl (C=O) groups is 2. The molecule has 104 valence electrons. The van der Waals surface area contributed by atoms with Gasteiger partial charge < -0.3 is 9.30 Å². The summed E-state index contributed by atoms with van der Waals surface area (Å²) in [4.78, 5) is 22.8. The maximum Gasteiger partial charge on any atom is 0.202 e. The molecule has 2 rings (SSSR count). The number of benzene rings is 1.